The molecule has 0 unspecified atom stereocenters. The van der Waals surface area contributed by atoms with Crippen LogP contribution in [0.5, 0.6) is 0 Å². The predicted molar refractivity (Wildman–Crippen MR) is 73.9 cm³/mol. The number of aromatic amines is 1. The molecule has 20 heavy (non-hydrogen) atoms. The second kappa shape index (κ2) is 5.32. The Balaban J connectivity index is 1.77. The molecule has 1 saturated heterocycles. The van der Waals surface area contributed by atoms with E-state index in [0.29, 0.717) is 12.0 Å². The molecule has 0 radical (unpaired) electrons. The summed E-state index contributed by atoms with van der Waals surface area (Å²) in [6.45, 7) is 6.15. The number of aromatic nitrogens is 6. The van der Waals surface area contributed by atoms with Crippen molar-refractivity contribution in [2.75, 3.05) is 6.54 Å². The summed E-state index contributed by atoms with van der Waals surface area (Å²) in [6, 6.07) is 0.316. The molecule has 0 amide bonds. The van der Waals surface area contributed by atoms with Gasteiger partial charge in [-0.1, -0.05) is 13.8 Å². The van der Waals surface area contributed by atoms with E-state index in [2.05, 4.69) is 48.7 Å². The lowest BCUT2D eigenvalue weighted by atomic mass is 10.2. The smallest absolute Gasteiger partial charge is 0.146 e. The monoisotopic (exact) mass is 275 g/mol. The van der Waals surface area contributed by atoms with E-state index >= 15 is 0 Å². The number of nitrogens with zero attached hydrogens (tertiary/aromatic N) is 6. The summed E-state index contributed by atoms with van der Waals surface area (Å²) in [4.78, 5) is 6.69. The van der Waals surface area contributed by atoms with Gasteiger partial charge in [-0.15, -0.1) is 10.2 Å². The van der Waals surface area contributed by atoms with Gasteiger partial charge in [0.2, 0.25) is 0 Å². The average Bonchev–Trinajstić information content (AvgIpc) is 3.12. The minimum Gasteiger partial charge on any atom is -0.317 e. The third-order valence-corrected chi connectivity index (χ3v) is 3.97. The molecule has 1 fully saturated rings. The number of hydrogen-bond acceptors (Lipinski definition) is 5. The number of H-pyrrole nitrogens is 1. The fourth-order valence-electron chi connectivity index (χ4n) is 2.90. The van der Waals surface area contributed by atoms with E-state index in [1.165, 1.54) is 6.42 Å². The van der Waals surface area contributed by atoms with Crippen LogP contribution in [-0.4, -0.2) is 41.4 Å². The second-order valence-electron chi connectivity index (χ2n) is 5.69. The van der Waals surface area contributed by atoms with Gasteiger partial charge in [0.15, 0.2) is 0 Å². The summed E-state index contributed by atoms with van der Waals surface area (Å²) < 4.78 is 2.11. The Bertz CT molecular complexity index is 557. The van der Waals surface area contributed by atoms with E-state index in [1.807, 2.05) is 7.05 Å². The summed E-state index contributed by atoms with van der Waals surface area (Å²) in [5.41, 5.74) is 0. The minimum absolute atomic E-state index is 0.316. The van der Waals surface area contributed by atoms with Crippen molar-refractivity contribution in [2.24, 2.45) is 7.05 Å². The van der Waals surface area contributed by atoms with Crippen molar-refractivity contribution in [3.63, 3.8) is 0 Å². The van der Waals surface area contributed by atoms with Crippen LogP contribution < -0.4 is 0 Å². The van der Waals surface area contributed by atoms with Gasteiger partial charge < -0.3 is 4.57 Å². The average molecular weight is 275 g/mol. The molecule has 0 aliphatic carbocycles. The number of likely N-dealkylation sites (tertiary alicyclic amines) is 1. The third kappa shape index (κ3) is 2.33. The van der Waals surface area contributed by atoms with Gasteiger partial charge in [0.1, 0.15) is 23.8 Å². The van der Waals surface area contributed by atoms with Crippen LogP contribution in [0.25, 0.3) is 0 Å². The number of hydrogen-bond donors (Lipinski definition) is 1. The molecule has 0 bridgehead atoms. The highest BCUT2D eigenvalue weighted by molar-refractivity contribution is 5.02. The van der Waals surface area contributed by atoms with E-state index < -0.39 is 0 Å². The summed E-state index contributed by atoms with van der Waals surface area (Å²) in [5.74, 6) is 3.40. The maximum Gasteiger partial charge on any atom is 0.146 e. The Morgan fingerprint density at radius 1 is 1.40 bits per heavy atom. The molecule has 7 heteroatoms. The minimum atomic E-state index is 0.316. The fourth-order valence-corrected chi connectivity index (χ4v) is 2.90. The van der Waals surface area contributed by atoms with Crippen molar-refractivity contribution < 1.29 is 0 Å². The largest absolute Gasteiger partial charge is 0.317 e. The Kier molecular flexibility index (Phi) is 3.52. The van der Waals surface area contributed by atoms with Gasteiger partial charge in [0, 0.05) is 13.0 Å². The van der Waals surface area contributed by atoms with Crippen LogP contribution in [0, 0.1) is 0 Å². The normalized spacial score (nSPS) is 20.1. The Hall–Kier alpha value is -1.76. The quantitative estimate of drug-likeness (QED) is 0.912. The highest BCUT2D eigenvalue weighted by Gasteiger charge is 2.29. The molecule has 1 atom stereocenters. The molecule has 108 valence electrons. The summed E-state index contributed by atoms with van der Waals surface area (Å²) >= 11 is 0. The van der Waals surface area contributed by atoms with Crippen LogP contribution in [0.1, 0.15) is 56.1 Å². The summed E-state index contributed by atoms with van der Waals surface area (Å²) in [6.07, 6.45) is 3.87. The number of nitrogens with one attached hydrogen (secondary N) is 1. The SMILES string of the molecule is CC(C)c1nnc(CN2CCC[C@H]2c2ncn[nH]2)n1C. The maximum absolute atomic E-state index is 4.34. The van der Waals surface area contributed by atoms with Gasteiger partial charge in [0.05, 0.1) is 12.6 Å². The van der Waals surface area contributed by atoms with E-state index in [1.54, 1.807) is 6.33 Å². The molecule has 1 aliphatic rings. The topological polar surface area (TPSA) is 75.5 Å². The fraction of sp³-hybridized carbons (Fsp3) is 0.692. The van der Waals surface area contributed by atoms with E-state index in [0.717, 1.165) is 37.0 Å². The van der Waals surface area contributed by atoms with Gasteiger partial charge in [-0.05, 0) is 19.4 Å². The van der Waals surface area contributed by atoms with Gasteiger partial charge in [0.25, 0.3) is 0 Å². The van der Waals surface area contributed by atoms with Crippen LogP contribution in [0.15, 0.2) is 6.33 Å². The van der Waals surface area contributed by atoms with Crippen molar-refractivity contribution in [2.45, 2.75) is 45.2 Å². The predicted octanol–water partition coefficient (Wildman–Crippen LogP) is 1.39. The molecule has 0 saturated carbocycles. The summed E-state index contributed by atoms with van der Waals surface area (Å²) in [5, 5.41) is 15.6. The zero-order valence-corrected chi connectivity index (χ0v) is 12.2. The molecular weight excluding hydrogens is 254 g/mol. The first-order valence-electron chi connectivity index (χ1n) is 7.14. The molecule has 2 aromatic heterocycles. The van der Waals surface area contributed by atoms with Crippen LogP contribution in [-0.2, 0) is 13.6 Å². The van der Waals surface area contributed by atoms with Gasteiger partial charge in [-0.3, -0.25) is 10.00 Å². The molecule has 0 aromatic carbocycles. The molecular formula is C13H21N7. The van der Waals surface area contributed by atoms with E-state index in [-0.39, 0.29) is 0 Å². The second-order valence-corrected chi connectivity index (χ2v) is 5.69. The van der Waals surface area contributed by atoms with Crippen molar-refractivity contribution >= 4 is 0 Å². The first-order valence-corrected chi connectivity index (χ1v) is 7.14. The van der Waals surface area contributed by atoms with Crippen LogP contribution in [0.4, 0.5) is 0 Å². The van der Waals surface area contributed by atoms with E-state index in [9.17, 15) is 0 Å². The van der Waals surface area contributed by atoms with Gasteiger partial charge in [-0.2, -0.15) is 5.10 Å². The molecule has 1 N–H and O–H groups in total. The Morgan fingerprint density at radius 3 is 2.90 bits per heavy atom. The molecule has 3 rings (SSSR count). The Labute approximate surface area is 118 Å². The van der Waals surface area contributed by atoms with Crippen LogP contribution in [0.2, 0.25) is 0 Å². The zero-order valence-electron chi connectivity index (χ0n) is 12.2. The zero-order chi connectivity index (χ0) is 14.1. The molecule has 2 aromatic rings. The van der Waals surface area contributed by atoms with Crippen molar-refractivity contribution in [1.82, 2.24) is 34.8 Å². The summed E-state index contributed by atoms with van der Waals surface area (Å²) in [7, 11) is 2.05. The number of rotatable bonds is 4. The van der Waals surface area contributed by atoms with Crippen molar-refractivity contribution in [1.29, 1.82) is 0 Å². The highest BCUT2D eigenvalue weighted by Crippen LogP contribution is 2.30. The molecule has 7 nitrogen and oxygen atoms in total. The lowest BCUT2D eigenvalue weighted by molar-refractivity contribution is 0.231. The molecule has 1 aliphatic heterocycles. The van der Waals surface area contributed by atoms with Crippen molar-refractivity contribution in [3.05, 3.63) is 23.8 Å². The van der Waals surface area contributed by atoms with Gasteiger partial charge >= 0.3 is 0 Å². The lowest BCUT2D eigenvalue weighted by Gasteiger charge is -2.21. The highest BCUT2D eigenvalue weighted by atomic mass is 15.3. The first-order chi connectivity index (χ1) is 9.66. The van der Waals surface area contributed by atoms with Gasteiger partial charge in [-0.25, -0.2) is 4.98 Å². The maximum atomic E-state index is 4.34. The van der Waals surface area contributed by atoms with E-state index in [4.69, 9.17) is 0 Å². The lowest BCUT2D eigenvalue weighted by Crippen LogP contribution is -2.25. The third-order valence-electron chi connectivity index (χ3n) is 3.97. The van der Waals surface area contributed by atoms with Crippen molar-refractivity contribution in [3.8, 4) is 0 Å². The van der Waals surface area contributed by atoms with Crippen LogP contribution in [0.3, 0.4) is 0 Å². The first kappa shape index (κ1) is 13.2. The van der Waals surface area contributed by atoms with Crippen LogP contribution >= 0.6 is 0 Å². The molecule has 0 spiro atoms. The molecule has 3 heterocycles. The standard InChI is InChI=1S/C13H21N7/c1-9(2)13-18-16-11(19(13)3)7-20-6-4-5-10(20)12-14-8-15-17-12/h8-10H,4-7H2,1-3H3,(H,14,15,17)/t10-/m0/s1. The Morgan fingerprint density at radius 2 is 2.25 bits per heavy atom.